The predicted molar refractivity (Wildman–Crippen MR) is 190 cm³/mol. The van der Waals surface area contributed by atoms with Gasteiger partial charge in [-0.1, -0.05) is 99.6 Å². The number of aromatic amines is 1. The molecule has 0 radical (unpaired) electrons. The maximum absolute atomic E-state index is 13.5. The quantitative estimate of drug-likeness (QED) is 0.157. The SMILES string of the molecule is CCCC(CCC)(C(N)=O)c1ccccc1.CCC[C@]1(c2ccc(Cl)c(Cl)c2)CCN(C(=O)c2cc(-c3nn(C)[nH]3)ccc2OC)C1. The number of H-pyrrole nitrogens is 1. The van der Waals surface area contributed by atoms with Gasteiger partial charge in [-0.15, -0.1) is 5.10 Å². The van der Waals surface area contributed by atoms with Gasteiger partial charge in [0.15, 0.2) is 5.82 Å². The van der Waals surface area contributed by atoms with E-state index in [2.05, 4.69) is 31.0 Å². The molecule has 0 saturated carbocycles. The number of benzene rings is 3. The molecule has 2 amide bonds. The van der Waals surface area contributed by atoms with Gasteiger partial charge in [-0.25, -0.2) is 4.80 Å². The summed E-state index contributed by atoms with van der Waals surface area (Å²) in [7, 11) is 3.40. The van der Waals surface area contributed by atoms with E-state index in [0.717, 1.165) is 67.5 Å². The Morgan fingerprint density at radius 2 is 1.66 bits per heavy atom. The molecule has 2 heterocycles. The van der Waals surface area contributed by atoms with Crippen LogP contribution in [0.2, 0.25) is 10.0 Å². The summed E-state index contributed by atoms with van der Waals surface area (Å²) >= 11 is 12.5. The average Bonchev–Trinajstić information content (AvgIpc) is 3.49. The highest BCUT2D eigenvalue weighted by Gasteiger charge is 2.41. The minimum Gasteiger partial charge on any atom is -0.496 e. The van der Waals surface area contributed by atoms with Gasteiger partial charge in [0.1, 0.15) is 5.75 Å². The van der Waals surface area contributed by atoms with Crippen LogP contribution in [0, 0.1) is 0 Å². The lowest BCUT2D eigenvalue weighted by Gasteiger charge is -2.30. The number of nitrogens with two attached hydrogens (primary N) is 1. The maximum atomic E-state index is 13.5. The molecule has 10 heteroatoms. The summed E-state index contributed by atoms with van der Waals surface area (Å²) in [6.07, 6.45) is 6.47. The Morgan fingerprint density at radius 3 is 2.21 bits per heavy atom. The Labute approximate surface area is 288 Å². The van der Waals surface area contributed by atoms with Crippen LogP contribution in [-0.4, -0.2) is 51.9 Å². The van der Waals surface area contributed by atoms with Gasteiger partial charge in [-0.05, 0) is 67.1 Å². The summed E-state index contributed by atoms with van der Waals surface area (Å²) < 4.78 is 5.50. The van der Waals surface area contributed by atoms with Crippen molar-refractivity contribution >= 4 is 35.0 Å². The van der Waals surface area contributed by atoms with Crippen molar-refractivity contribution in [3.63, 3.8) is 0 Å². The van der Waals surface area contributed by atoms with Gasteiger partial charge in [0.05, 0.1) is 28.1 Å². The molecule has 1 atom stereocenters. The van der Waals surface area contributed by atoms with E-state index in [1.54, 1.807) is 11.9 Å². The van der Waals surface area contributed by atoms with E-state index in [0.29, 0.717) is 34.4 Å². The van der Waals surface area contributed by atoms with Gasteiger partial charge in [-0.3, -0.25) is 14.7 Å². The molecule has 3 aromatic carbocycles. The molecule has 0 unspecified atom stereocenters. The van der Waals surface area contributed by atoms with Crippen molar-refractivity contribution in [2.24, 2.45) is 12.8 Å². The zero-order valence-electron chi connectivity index (χ0n) is 28.1. The standard InChI is InChI=1S/C23H26Cl2N4O2.C14H21NO/c1-4-9-23(16-6-7-18(24)19(25)13-16)10-11-29(14-23)22(30)17-12-15(5-8-20(17)31-3)21-26-28(2)27-21;1-3-10-14(11-4-2,13(15)16)12-8-6-5-7-9-12/h5-8,12-13H,4,9-11,14H2,1-3H3,(H,26,27);5-9H,3-4,10-11H2,1-2H3,(H2,15,16)/t23-;/m0./s1. The van der Waals surface area contributed by atoms with Gasteiger partial charge in [0.2, 0.25) is 5.91 Å². The van der Waals surface area contributed by atoms with E-state index in [1.807, 2.05) is 78.7 Å². The Bertz CT molecular complexity index is 1630. The van der Waals surface area contributed by atoms with Crippen molar-refractivity contribution in [1.82, 2.24) is 19.9 Å². The molecule has 1 fully saturated rings. The highest BCUT2D eigenvalue weighted by molar-refractivity contribution is 6.42. The Hall–Kier alpha value is -3.75. The van der Waals surface area contributed by atoms with Gasteiger partial charge in [0, 0.05) is 31.1 Å². The molecule has 4 aromatic rings. The molecule has 3 N–H and O–H groups in total. The number of hydrogen-bond acceptors (Lipinski definition) is 4. The number of aryl methyl sites for hydroxylation is 1. The first-order valence-electron chi connectivity index (χ1n) is 16.4. The second-order valence-electron chi connectivity index (χ2n) is 12.4. The van der Waals surface area contributed by atoms with Crippen molar-refractivity contribution < 1.29 is 14.3 Å². The third-order valence-corrected chi connectivity index (χ3v) is 10.0. The van der Waals surface area contributed by atoms with Crippen LogP contribution in [0.25, 0.3) is 11.4 Å². The van der Waals surface area contributed by atoms with E-state index in [-0.39, 0.29) is 17.2 Å². The van der Waals surface area contributed by atoms with Crippen LogP contribution >= 0.6 is 23.2 Å². The van der Waals surface area contributed by atoms with Crippen LogP contribution in [0.1, 0.15) is 87.2 Å². The van der Waals surface area contributed by atoms with E-state index < -0.39 is 5.41 Å². The van der Waals surface area contributed by atoms with Crippen molar-refractivity contribution in [3.05, 3.63) is 93.5 Å². The largest absolute Gasteiger partial charge is 0.496 e. The number of nitrogens with one attached hydrogen (secondary N) is 1. The van der Waals surface area contributed by atoms with Crippen LogP contribution in [0.3, 0.4) is 0 Å². The van der Waals surface area contributed by atoms with Gasteiger partial charge in [0.25, 0.3) is 5.91 Å². The van der Waals surface area contributed by atoms with E-state index >= 15 is 0 Å². The van der Waals surface area contributed by atoms with Crippen LogP contribution in [-0.2, 0) is 22.7 Å². The molecular weight excluding hydrogens is 633 g/mol. The number of amides is 2. The average molecular weight is 681 g/mol. The highest BCUT2D eigenvalue weighted by atomic mass is 35.5. The zero-order valence-corrected chi connectivity index (χ0v) is 29.6. The number of halogens is 2. The molecule has 1 aliphatic heterocycles. The molecule has 1 saturated heterocycles. The third-order valence-electron chi connectivity index (χ3n) is 9.27. The normalized spacial score (nSPS) is 16.1. The second-order valence-corrected chi connectivity index (χ2v) is 13.3. The molecule has 0 bridgehead atoms. The number of rotatable bonds is 12. The molecule has 0 aliphatic carbocycles. The minimum absolute atomic E-state index is 0.0370. The Balaban J connectivity index is 0.000000264. The Kier molecular flexibility index (Phi) is 12.2. The summed E-state index contributed by atoms with van der Waals surface area (Å²) in [6.45, 7) is 7.66. The summed E-state index contributed by atoms with van der Waals surface area (Å²) in [4.78, 5) is 28.9. The molecular formula is C37H47Cl2N5O3. The Morgan fingerprint density at radius 1 is 0.979 bits per heavy atom. The first kappa shape index (κ1) is 36.1. The highest BCUT2D eigenvalue weighted by Crippen LogP contribution is 2.42. The molecule has 5 rings (SSSR count). The summed E-state index contributed by atoms with van der Waals surface area (Å²) in [6, 6.07) is 21.3. The summed E-state index contributed by atoms with van der Waals surface area (Å²) in [5.41, 5.74) is 8.63. The number of methoxy groups -OCH3 is 1. The molecule has 8 nitrogen and oxygen atoms in total. The molecule has 47 heavy (non-hydrogen) atoms. The van der Waals surface area contributed by atoms with Crippen LogP contribution < -0.4 is 10.5 Å². The topological polar surface area (TPSA) is 106 Å². The third kappa shape index (κ3) is 7.87. The van der Waals surface area contributed by atoms with Crippen LogP contribution in [0.4, 0.5) is 0 Å². The number of ether oxygens (including phenoxy) is 1. The number of nitrogens with zero attached hydrogens (tertiary/aromatic N) is 3. The monoisotopic (exact) mass is 679 g/mol. The fourth-order valence-corrected chi connectivity index (χ4v) is 7.27. The number of likely N-dealkylation sites (tertiary alicyclic amines) is 1. The number of hydrogen-bond donors (Lipinski definition) is 2. The molecule has 1 aromatic heterocycles. The minimum atomic E-state index is -0.468. The van der Waals surface area contributed by atoms with Gasteiger partial charge < -0.3 is 15.4 Å². The van der Waals surface area contributed by atoms with E-state index in [4.69, 9.17) is 33.7 Å². The first-order valence-corrected chi connectivity index (χ1v) is 17.2. The smallest absolute Gasteiger partial charge is 0.257 e. The number of primary amides is 1. The molecule has 1 aliphatic rings. The first-order chi connectivity index (χ1) is 22.5. The lowest BCUT2D eigenvalue weighted by atomic mass is 9.73. The predicted octanol–water partition coefficient (Wildman–Crippen LogP) is 8.32. The van der Waals surface area contributed by atoms with Crippen molar-refractivity contribution in [3.8, 4) is 17.1 Å². The number of carbonyl (C=O) groups excluding carboxylic acids is 2. The lowest BCUT2D eigenvalue weighted by molar-refractivity contribution is -0.124. The number of aromatic nitrogens is 3. The van der Waals surface area contributed by atoms with E-state index in [1.165, 1.54) is 0 Å². The van der Waals surface area contributed by atoms with Gasteiger partial charge >= 0.3 is 0 Å². The second kappa shape index (κ2) is 15.9. The summed E-state index contributed by atoms with van der Waals surface area (Å²) in [5.74, 6) is 1.06. The van der Waals surface area contributed by atoms with E-state index in [9.17, 15) is 9.59 Å². The van der Waals surface area contributed by atoms with Gasteiger partial charge in [-0.2, -0.15) is 0 Å². The van der Waals surface area contributed by atoms with Crippen molar-refractivity contribution in [1.29, 1.82) is 0 Å². The van der Waals surface area contributed by atoms with Crippen molar-refractivity contribution in [2.45, 2.75) is 76.5 Å². The zero-order chi connectivity index (χ0) is 34.2. The lowest BCUT2D eigenvalue weighted by Crippen LogP contribution is -2.41. The summed E-state index contributed by atoms with van der Waals surface area (Å²) in [5, 5.41) is 8.48. The number of carbonyl (C=O) groups is 2. The fraction of sp³-hybridized carbons (Fsp3) is 0.432. The van der Waals surface area contributed by atoms with Crippen LogP contribution in [0.15, 0.2) is 66.7 Å². The molecule has 252 valence electrons. The fourth-order valence-electron chi connectivity index (χ4n) is 6.97. The van der Waals surface area contributed by atoms with Crippen LogP contribution in [0.5, 0.6) is 5.75 Å². The molecule has 0 spiro atoms. The van der Waals surface area contributed by atoms with Crippen molar-refractivity contribution in [2.75, 3.05) is 20.2 Å². The maximum Gasteiger partial charge on any atom is 0.257 e.